The van der Waals surface area contributed by atoms with Gasteiger partial charge in [0.2, 0.25) is 0 Å². The lowest BCUT2D eigenvalue weighted by atomic mass is 10.1. The zero-order chi connectivity index (χ0) is 46.2. The average Bonchev–Trinajstić information content (AvgIpc) is 3.95. The van der Waals surface area contributed by atoms with E-state index in [1.807, 2.05) is 56.6 Å². The van der Waals surface area contributed by atoms with Gasteiger partial charge in [-0.1, -0.05) is 18.2 Å². The molecule has 12 rings (SSSR count). The van der Waals surface area contributed by atoms with E-state index in [0.29, 0.717) is 29.0 Å². The molecule has 8 aromatic rings. The van der Waals surface area contributed by atoms with Gasteiger partial charge in [0.15, 0.2) is 11.6 Å². The maximum Gasteiger partial charge on any atom is 0.341 e. The highest BCUT2D eigenvalue weighted by Gasteiger charge is 2.41. The number of fused-ring (bicyclic) bond motifs is 9. The molecule has 0 radical (unpaired) electrons. The normalized spacial score (nSPS) is 16.2. The molecule has 0 saturated carbocycles. The van der Waals surface area contributed by atoms with Gasteiger partial charge >= 0.3 is 11.7 Å². The van der Waals surface area contributed by atoms with Gasteiger partial charge in [-0.05, 0) is 131 Å². The maximum atomic E-state index is 13.2. The number of hydrogen-bond donors (Lipinski definition) is 2. The molecular formula is C49H43Br2N13O3. The summed E-state index contributed by atoms with van der Waals surface area (Å²) in [4.78, 5) is 70.6. The van der Waals surface area contributed by atoms with Gasteiger partial charge in [-0.25, -0.2) is 34.1 Å². The molecule has 0 unspecified atom stereocenters. The fourth-order valence-electron chi connectivity index (χ4n) is 8.67. The minimum atomic E-state index is -0.420. The Labute approximate surface area is 401 Å². The van der Waals surface area contributed by atoms with Gasteiger partial charge in [0.25, 0.3) is 5.56 Å². The van der Waals surface area contributed by atoms with Crippen LogP contribution >= 0.6 is 31.9 Å². The lowest BCUT2D eigenvalue weighted by Crippen LogP contribution is -2.48. The van der Waals surface area contributed by atoms with E-state index >= 15 is 0 Å². The number of nitrogens with zero attached hydrogens (tertiary/aromatic N) is 11. The van der Waals surface area contributed by atoms with E-state index in [0.717, 1.165) is 91.5 Å². The first-order chi connectivity index (χ1) is 32.6. The summed E-state index contributed by atoms with van der Waals surface area (Å²) in [6, 6.07) is 29.9. The van der Waals surface area contributed by atoms with Crippen molar-refractivity contribution in [2.45, 2.75) is 38.8 Å². The Bertz CT molecular complexity index is 3250. The predicted molar refractivity (Wildman–Crippen MR) is 267 cm³/mol. The molecule has 336 valence electrons. The third-order valence-corrected chi connectivity index (χ3v) is 13.2. The van der Waals surface area contributed by atoms with E-state index in [-0.39, 0.29) is 17.6 Å². The lowest BCUT2D eigenvalue weighted by molar-refractivity contribution is 0.254. The number of rotatable bonds is 4. The van der Waals surface area contributed by atoms with Crippen LogP contribution in [0.4, 0.5) is 33.6 Å². The molecule has 67 heavy (non-hydrogen) atoms. The van der Waals surface area contributed by atoms with Crippen LogP contribution < -0.4 is 36.6 Å². The summed E-state index contributed by atoms with van der Waals surface area (Å²) in [5, 5.41) is 6.45. The first kappa shape index (κ1) is 43.6. The number of carbonyl (C=O) groups excluding carboxylic acids is 1. The second-order valence-corrected chi connectivity index (χ2v) is 18.2. The Morgan fingerprint density at radius 3 is 2.07 bits per heavy atom. The summed E-state index contributed by atoms with van der Waals surface area (Å²) < 4.78 is 4.37. The van der Waals surface area contributed by atoms with Crippen molar-refractivity contribution in [2.75, 3.05) is 51.5 Å². The number of anilines is 5. The van der Waals surface area contributed by atoms with Crippen molar-refractivity contribution in [3.63, 3.8) is 0 Å². The molecule has 12 heterocycles. The predicted octanol–water partition coefficient (Wildman–Crippen LogP) is 8.30. The Kier molecular flexibility index (Phi) is 12.0. The highest BCUT2D eigenvalue weighted by Crippen LogP contribution is 2.43. The topological polar surface area (TPSA) is 172 Å². The van der Waals surface area contributed by atoms with Crippen molar-refractivity contribution in [3.05, 3.63) is 169 Å². The first-order valence-corrected chi connectivity index (χ1v) is 23.4. The fraction of sp³-hybridized carbons (Fsp3) is 0.204. The van der Waals surface area contributed by atoms with Crippen LogP contribution in [0.1, 0.15) is 24.2 Å². The Morgan fingerprint density at radius 2 is 1.39 bits per heavy atom. The summed E-state index contributed by atoms with van der Waals surface area (Å²) in [6.07, 6.45) is 10.6. The number of aryl methyl sites for hydroxylation is 2. The molecule has 2 fully saturated rings. The second-order valence-electron chi connectivity index (χ2n) is 16.5. The van der Waals surface area contributed by atoms with Crippen LogP contribution in [-0.2, 0) is 0 Å². The summed E-state index contributed by atoms with van der Waals surface area (Å²) in [6.45, 7) is 7.86. The molecule has 0 spiro atoms. The van der Waals surface area contributed by atoms with E-state index in [1.165, 1.54) is 22.6 Å². The van der Waals surface area contributed by atoms with E-state index in [4.69, 9.17) is 9.97 Å². The summed E-state index contributed by atoms with van der Waals surface area (Å²) in [5.41, 5.74) is 7.57. The fourth-order valence-corrected chi connectivity index (χ4v) is 9.74. The summed E-state index contributed by atoms with van der Waals surface area (Å²) in [7, 11) is 0. The van der Waals surface area contributed by atoms with Gasteiger partial charge in [0.1, 0.15) is 11.6 Å². The number of urea groups is 1. The minimum absolute atomic E-state index is 0.0869. The third kappa shape index (κ3) is 8.89. The minimum Gasteiger partial charge on any atom is -0.366 e. The van der Waals surface area contributed by atoms with Crippen LogP contribution in [0.25, 0.3) is 33.8 Å². The van der Waals surface area contributed by atoms with Crippen LogP contribution in [0.15, 0.2) is 147 Å². The Hall–Kier alpha value is -7.31. The standard InChI is InChI=1S/C21H19BrN6O.C15H15BrN4.C13H9N3O2/c1-13-5-6-14(11-24-13)19-16(22)10-17-20(26-19)28(15-7-9-27(17)12-15)21(29)25-18-4-2-3-8-23-18;1-9-2-3-10(7-17-9)14-12(16)6-13-15(19-14)18-11-4-5-20(13)8-11;17-12-9-10-5-2-4-8-15(10)13(18)16(12)11-6-1-3-7-14-11/h2-6,8,10-11,15H,7,9,12H2,1H3,(H,23,25,29);2-3,6-7,11H,4-5,8H2,1H3,(H,18,19);1-9H/t15-;11-;/m00./s1. The van der Waals surface area contributed by atoms with Crippen molar-refractivity contribution in [1.29, 1.82) is 0 Å². The number of pyridine rings is 7. The van der Waals surface area contributed by atoms with Crippen LogP contribution in [0.3, 0.4) is 0 Å². The molecule has 4 aliphatic rings. The van der Waals surface area contributed by atoms with Gasteiger partial charge in [0.05, 0.1) is 34.3 Å². The first-order valence-electron chi connectivity index (χ1n) is 21.8. The molecule has 8 aromatic heterocycles. The monoisotopic (exact) mass is 1020 g/mol. The average molecular weight is 1020 g/mol. The van der Waals surface area contributed by atoms with Crippen molar-refractivity contribution in [2.24, 2.45) is 0 Å². The summed E-state index contributed by atoms with van der Waals surface area (Å²) >= 11 is 7.32. The highest BCUT2D eigenvalue weighted by molar-refractivity contribution is 9.11. The van der Waals surface area contributed by atoms with Gasteiger partial charge in [-0.3, -0.25) is 29.4 Å². The van der Waals surface area contributed by atoms with Gasteiger partial charge in [-0.2, -0.15) is 0 Å². The number of halogens is 2. The van der Waals surface area contributed by atoms with Crippen LogP contribution in [-0.4, -0.2) is 83.2 Å². The molecule has 0 aliphatic carbocycles. The molecule has 4 bridgehead atoms. The largest absolute Gasteiger partial charge is 0.366 e. The zero-order valence-electron chi connectivity index (χ0n) is 36.4. The Balaban J connectivity index is 0.000000122. The van der Waals surface area contributed by atoms with Gasteiger partial charge in [0, 0.05) is 101 Å². The SMILES string of the molecule is Cc1ccc(-c2nc3c(cc2Br)N2CC[C@@H](C2)N3)cn1.Cc1ccc(-c2nc3c(cc2Br)N2CC[C@@H](C2)N3C(=O)Nc2ccccn2)cn1.O=c1cc2ccccn2c(=O)n1-c1ccccn1. The van der Waals surface area contributed by atoms with Crippen molar-refractivity contribution >= 4 is 72.2 Å². The number of aromatic nitrogens is 8. The molecule has 2 N–H and O–H groups in total. The van der Waals surface area contributed by atoms with Crippen LogP contribution in [0, 0.1) is 13.8 Å². The number of hydrogen-bond acceptors (Lipinski definition) is 12. The van der Waals surface area contributed by atoms with Crippen LogP contribution in [0.5, 0.6) is 0 Å². The smallest absolute Gasteiger partial charge is 0.341 e. The third-order valence-electron chi connectivity index (χ3n) is 12.0. The number of amides is 2. The molecule has 0 aromatic carbocycles. The van der Waals surface area contributed by atoms with E-state index in [9.17, 15) is 14.4 Å². The highest BCUT2D eigenvalue weighted by atomic mass is 79.9. The van der Waals surface area contributed by atoms with Gasteiger partial charge in [-0.15, -0.1) is 0 Å². The van der Waals surface area contributed by atoms with Crippen molar-refractivity contribution in [3.8, 4) is 28.3 Å². The van der Waals surface area contributed by atoms with E-state index in [2.05, 4.69) is 90.4 Å². The van der Waals surface area contributed by atoms with Gasteiger partial charge < -0.3 is 15.1 Å². The molecular weight excluding hydrogens is 978 g/mol. The molecule has 16 nitrogen and oxygen atoms in total. The van der Waals surface area contributed by atoms with E-state index < -0.39 is 5.69 Å². The van der Waals surface area contributed by atoms with Crippen LogP contribution in [0.2, 0.25) is 0 Å². The number of nitrogens with one attached hydrogen (secondary N) is 2. The molecule has 2 amide bonds. The lowest BCUT2D eigenvalue weighted by Gasteiger charge is -2.36. The van der Waals surface area contributed by atoms with Crippen molar-refractivity contribution < 1.29 is 4.79 Å². The van der Waals surface area contributed by atoms with Crippen molar-refractivity contribution in [1.82, 2.24) is 38.9 Å². The zero-order valence-corrected chi connectivity index (χ0v) is 39.6. The molecule has 2 saturated heterocycles. The second kappa shape index (κ2) is 18.5. The molecule has 18 heteroatoms. The Morgan fingerprint density at radius 1 is 0.716 bits per heavy atom. The quantitative estimate of drug-likeness (QED) is 0.173. The number of carbonyl (C=O) groups is 1. The van der Waals surface area contributed by atoms with E-state index in [1.54, 1.807) is 66.0 Å². The maximum absolute atomic E-state index is 13.2. The molecule has 2 atom stereocenters. The summed E-state index contributed by atoms with van der Waals surface area (Å²) in [5.74, 6) is 2.52. The molecule has 4 aliphatic heterocycles.